The van der Waals surface area contributed by atoms with Gasteiger partial charge in [-0.3, -0.25) is 0 Å². The first kappa shape index (κ1) is 10.3. The van der Waals surface area contributed by atoms with Crippen LogP contribution >= 0.6 is 0 Å². The van der Waals surface area contributed by atoms with Gasteiger partial charge in [-0.25, -0.2) is 0 Å². The van der Waals surface area contributed by atoms with Crippen LogP contribution in [0.4, 0.5) is 0 Å². The van der Waals surface area contributed by atoms with Gasteiger partial charge in [0.25, 0.3) is 0 Å². The molecule has 0 amide bonds. The van der Waals surface area contributed by atoms with E-state index >= 15 is 0 Å². The maximum atomic E-state index is 5.61. The Morgan fingerprint density at radius 2 is 2.13 bits per heavy atom. The van der Waals surface area contributed by atoms with Gasteiger partial charge in [-0.1, -0.05) is 25.5 Å². The van der Waals surface area contributed by atoms with Crippen LogP contribution in [0.5, 0.6) is 11.5 Å². The third-order valence-corrected chi connectivity index (χ3v) is 2.18. The van der Waals surface area contributed by atoms with E-state index in [1.807, 2.05) is 24.3 Å². The number of para-hydroxylation sites is 2. The topological polar surface area (TPSA) is 27.7 Å². The second-order valence-electron chi connectivity index (χ2n) is 3.38. The molecule has 3 nitrogen and oxygen atoms in total. The van der Waals surface area contributed by atoms with Crippen molar-refractivity contribution in [1.82, 2.24) is 0 Å². The summed E-state index contributed by atoms with van der Waals surface area (Å²) in [5.74, 6) is 1.54. The minimum Gasteiger partial charge on any atom is -0.483 e. The molecule has 0 aromatic heterocycles. The molecule has 0 N–H and O–H groups in total. The van der Waals surface area contributed by atoms with Crippen molar-refractivity contribution in [2.45, 2.75) is 19.1 Å². The van der Waals surface area contributed by atoms with E-state index in [9.17, 15) is 0 Å². The number of hydrogen-bond acceptors (Lipinski definition) is 3. The molecule has 0 fully saturated rings. The summed E-state index contributed by atoms with van der Waals surface area (Å²) in [5, 5.41) is 0. The van der Waals surface area contributed by atoms with Crippen molar-refractivity contribution in [3.8, 4) is 11.5 Å². The molecule has 81 valence electrons. The highest BCUT2D eigenvalue weighted by Gasteiger charge is 2.20. The van der Waals surface area contributed by atoms with Crippen molar-refractivity contribution in [3.05, 3.63) is 31.2 Å². The molecule has 0 spiro atoms. The van der Waals surface area contributed by atoms with Crippen LogP contribution in [-0.2, 0) is 4.74 Å². The Morgan fingerprint density at radius 1 is 1.33 bits per heavy atom. The van der Waals surface area contributed by atoms with Crippen molar-refractivity contribution in [1.29, 1.82) is 0 Å². The summed E-state index contributed by atoms with van der Waals surface area (Å²) in [6, 6.07) is 7.61. The van der Waals surface area contributed by atoms with Gasteiger partial charge in [-0.2, -0.15) is 0 Å². The van der Waals surface area contributed by atoms with Crippen LogP contribution in [0.25, 0.3) is 0 Å². The van der Waals surface area contributed by atoms with Crippen LogP contribution in [0.2, 0.25) is 0 Å². The molecule has 0 aliphatic carbocycles. The van der Waals surface area contributed by atoms with Crippen LogP contribution in [0.1, 0.15) is 12.8 Å². The Morgan fingerprint density at radius 3 is 2.93 bits per heavy atom. The zero-order chi connectivity index (χ0) is 10.5. The molecule has 1 aliphatic rings. The molecule has 2 rings (SSSR count). The summed E-state index contributed by atoms with van der Waals surface area (Å²) in [4.78, 5) is 0. The third kappa shape index (κ3) is 2.63. The molecule has 1 aromatic rings. The van der Waals surface area contributed by atoms with E-state index in [2.05, 4.69) is 6.92 Å². The largest absolute Gasteiger partial charge is 0.483 e. The molecule has 1 heterocycles. The van der Waals surface area contributed by atoms with Gasteiger partial charge in [0.15, 0.2) is 18.1 Å². The summed E-state index contributed by atoms with van der Waals surface area (Å²) in [6.45, 7) is 4.87. The first-order valence-electron chi connectivity index (χ1n) is 5.19. The highest BCUT2D eigenvalue weighted by molar-refractivity contribution is 5.40. The molecular formula is C12H15O3. The Hall–Kier alpha value is -1.22. The van der Waals surface area contributed by atoms with Crippen molar-refractivity contribution < 1.29 is 14.2 Å². The fraction of sp³-hybridized carbons (Fsp3) is 0.417. The lowest BCUT2D eigenvalue weighted by atomic mass is 10.3. The van der Waals surface area contributed by atoms with E-state index in [-0.39, 0.29) is 6.29 Å². The van der Waals surface area contributed by atoms with E-state index in [0.717, 1.165) is 24.3 Å². The molecular weight excluding hydrogens is 192 g/mol. The van der Waals surface area contributed by atoms with Gasteiger partial charge >= 0.3 is 0 Å². The van der Waals surface area contributed by atoms with E-state index < -0.39 is 0 Å². The fourth-order valence-corrected chi connectivity index (χ4v) is 1.40. The summed E-state index contributed by atoms with van der Waals surface area (Å²) >= 11 is 0. The summed E-state index contributed by atoms with van der Waals surface area (Å²) in [5.41, 5.74) is 0. The van der Waals surface area contributed by atoms with E-state index in [4.69, 9.17) is 14.2 Å². The molecule has 0 saturated heterocycles. The van der Waals surface area contributed by atoms with Crippen molar-refractivity contribution in [2.75, 3.05) is 13.2 Å². The van der Waals surface area contributed by atoms with Gasteiger partial charge in [0.05, 0.1) is 6.61 Å². The molecule has 15 heavy (non-hydrogen) atoms. The van der Waals surface area contributed by atoms with Crippen LogP contribution in [0.3, 0.4) is 0 Å². The average molecular weight is 207 g/mol. The Labute approximate surface area is 90.0 Å². The molecule has 1 aromatic carbocycles. The lowest BCUT2D eigenvalue weighted by Gasteiger charge is -2.26. The third-order valence-electron chi connectivity index (χ3n) is 2.18. The number of fused-ring (bicyclic) bond motifs is 1. The molecule has 1 atom stereocenters. The first-order chi connectivity index (χ1) is 7.40. The molecule has 0 bridgehead atoms. The standard InChI is InChI=1S/C12H15O3/c1-2-3-8-13-12-9-14-10-6-4-5-7-11(10)15-12/h4-7,12H,1-3,8-9H2. The van der Waals surface area contributed by atoms with Gasteiger partial charge in [0, 0.05) is 0 Å². The van der Waals surface area contributed by atoms with Crippen LogP contribution in [0, 0.1) is 6.92 Å². The molecule has 1 aliphatic heterocycles. The van der Waals surface area contributed by atoms with Crippen molar-refractivity contribution in [2.24, 2.45) is 0 Å². The molecule has 1 radical (unpaired) electrons. The quantitative estimate of drug-likeness (QED) is 0.709. The van der Waals surface area contributed by atoms with Gasteiger partial charge < -0.3 is 14.2 Å². The van der Waals surface area contributed by atoms with E-state index in [1.165, 1.54) is 0 Å². The zero-order valence-electron chi connectivity index (χ0n) is 8.65. The van der Waals surface area contributed by atoms with Gasteiger partial charge in [0.1, 0.15) is 0 Å². The number of hydrogen-bond donors (Lipinski definition) is 0. The summed E-state index contributed by atoms with van der Waals surface area (Å²) in [7, 11) is 0. The second kappa shape index (κ2) is 5.03. The minimum absolute atomic E-state index is 0.286. The van der Waals surface area contributed by atoms with Crippen molar-refractivity contribution in [3.63, 3.8) is 0 Å². The number of ether oxygens (including phenoxy) is 3. The van der Waals surface area contributed by atoms with Gasteiger partial charge in [-0.05, 0) is 18.6 Å². The molecule has 3 heteroatoms. The summed E-state index contributed by atoms with van der Waals surface area (Å²) in [6.07, 6.45) is 1.54. The fourth-order valence-electron chi connectivity index (χ4n) is 1.40. The Bertz CT molecular complexity index is 311. The van der Waals surface area contributed by atoms with Crippen LogP contribution in [0.15, 0.2) is 24.3 Å². The van der Waals surface area contributed by atoms with E-state index in [0.29, 0.717) is 13.2 Å². The maximum Gasteiger partial charge on any atom is 0.234 e. The number of benzene rings is 1. The van der Waals surface area contributed by atoms with E-state index in [1.54, 1.807) is 0 Å². The number of unbranched alkanes of at least 4 members (excludes halogenated alkanes) is 1. The average Bonchev–Trinajstić information content (AvgIpc) is 2.29. The Kier molecular flexibility index (Phi) is 3.45. The predicted octanol–water partition coefficient (Wildman–Crippen LogP) is 2.41. The zero-order valence-corrected chi connectivity index (χ0v) is 8.65. The minimum atomic E-state index is -0.286. The number of rotatable bonds is 4. The predicted molar refractivity (Wildman–Crippen MR) is 56.9 cm³/mol. The normalized spacial score (nSPS) is 18.9. The van der Waals surface area contributed by atoms with Crippen molar-refractivity contribution >= 4 is 0 Å². The first-order valence-corrected chi connectivity index (χ1v) is 5.19. The molecule has 1 unspecified atom stereocenters. The SMILES string of the molecule is [CH2]CCCOC1COc2ccccc2O1. The van der Waals surface area contributed by atoms with Gasteiger partial charge in [-0.15, -0.1) is 0 Å². The Balaban J connectivity index is 1.88. The lowest BCUT2D eigenvalue weighted by Crippen LogP contribution is -2.31. The highest BCUT2D eigenvalue weighted by Crippen LogP contribution is 2.30. The highest BCUT2D eigenvalue weighted by atomic mass is 16.7. The summed E-state index contributed by atoms with van der Waals surface area (Å²) < 4.78 is 16.6. The van der Waals surface area contributed by atoms with Crippen LogP contribution in [-0.4, -0.2) is 19.5 Å². The second-order valence-corrected chi connectivity index (χ2v) is 3.38. The molecule has 0 saturated carbocycles. The van der Waals surface area contributed by atoms with Crippen LogP contribution < -0.4 is 9.47 Å². The van der Waals surface area contributed by atoms with Gasteiger partial charge in [0.2, 0.25) is 6.29 Å². The lowest BCUT2D eigenvalue weighted by molar-refractivity contribution is -0.116. The maximum absolute atomic E-state index is 5.61. The monoisotopic (exact) mass is 207 g/mol. The smallest absolute Gasteiger partial charge is 0.234 e.